The van der Waals surface area contributed by atoms with Gasteiger partial charge in [0.05, 0.1) is 27.4 Å². The number of hydrogen-bond acceptors (Lipinski definition) is 8. The lowest BCUT2D eigenvalue weighted by Gasteiger charge is -2.38. The van der Waals surface area contributed by atoms with E-state index in [2.05, 4.69) is 9.97 Å². The van der Waals surface area contributed by atoms with Crippen molar-refractivity contribution in [2.24, 2.45) is 0 Å². The Bertz CT molecular complexity index is 1060. The maximum atomic E-state index is 14.3. The average molecular weight is 460 g/mol. The second-order valence-corrected chi connectivity index (χ2v) is 6.72. The molecule has 0 N–H and O–H groups in total. The Morgan fingerprint density at radius 1 is 0.848 bits per heavy atom. The number of halogens is 2. The van der Waals surface area contributed by atoms with Crippen molar-refractivity contribution in [1.29, 1.82) is 0 Å². The maximum Gasteiger partial charge on any atom is 0.351 e. The van der Waals surface area contributed by atoms with Gasteiger partial charge >= 0.3 is 12.0 Å². The molecule has 0 spiro atoms. The van der Waals surface area contributed by atoms with Crippen LogP contribution in [0, 0.1) is 11.6 Å². The first-order valence-electron chi connectivity index (χ1n) is 9.66. The molecular weight excluding hydrogens is 438 g/mol. The lowest BCUT2D eigenvalue weighted by molar-refractivity contribution is -0.164. The van der Waals surface area contributed by atoms with Gasteiger partial charge in [0.15, 0.2) is 5.60 Å². The molecule has 0 saturated heterocycles. The number of nitrogens with zero attached hydrogens (tertiary/aromatic N) is 2. The van der Waals surface area contributed by atoms with Gasteiger partial charge in [0.1, 0.15) is 11.6 Å². The first kappa shape index (κ1) is 23.9. The highest BCUT2D eigenvalue weighted by Crippen LogP contribution is 2.39. The lowest BCUT2D eigenvalue weighted by atomic mass is 9.81. The summed E-state index contributed by atoms with van der Waals surface area (Å²) in [6.45, 7) is 0. The van der Waals surface area contributed by atoms with Crippen LogP contribution in [0.15, 0.2) is 54.6 Å². The van der Waals surface area contributed by atoms with Gasteiger partial charge < -0.3 is 23.7 Å². The molecule has 33 heavy (non-hydrogen) atoms. The summed E-state index contributed by atoms with van der Waals surface area (Å²) < 4.78 is 55.4. The van der Waals surface area contributed by atoms with E-state index < -0.39 is 29.3 Å². The zero-order valence-electron chi connectivity index (χ0n) is 18.4. The minimum atomic E-state index is -1.85. The highest BCUT2D eigenvalue weighted by Gasteiger charge is 2.50. The standard InChI is InChI=1S/C23H22F2N2O6/c1-29-18-13-19(30-2)27-22(26-18)33-20(21(28)31-3)23(32-4,14-7-5-9-16(24)11-14)15-8-6-10-17(25)12-15/h5-13,20H,1-4H3. The van der Waals surface area contributed by atoms with Gasteiger partial charge in [-0.25, -0.2) is 13.6 Å². The van der Waals surface area contributed by atoms with Crippen molar-refractivity contribution < 1.29 is 37.3 Å². The molecule has 2 aromatic carbocycles. The molecule has 0 aliphatic carbocycles. The molecule has 0 aliphatic heterocycles. The van der Waals surface area contributed by atoms with E-state index in [0.717, 1.165) is 19.2 Å². The number of ether oxygens (including phenoxy) is 5. The van der Waals surface area contributed by atoms with Crippen molar-refractivity contribution in [2.45, 2.75) is 11.7 Å². The Morgan fingerprint density at radius 3 is 1.76 bits per heavy atom. The molecule has 3 rings (SSSR count). The minimum absolute atomic E-state index is 0.0972. The molecular formula is C23H22F2N2O6. The van der Waals surface area contributed by atoms with Gasteiger partial charge in [-0.1, -0.05) is 24.3 Å². The van der Waals surface area contributed by atoms with Crippen LogP contribution in [-0.2, 0) is 19.9 Å². The fourth-order valence-electron chi connectivity index (χ4n) is 3.41. The average Bonchev–Trinajstić information content (AvgIpc) is 2.83. The Labute approximate surface area is 189 Å². The monoisotopic (exact) mass is 460 g/mol. The van der Waals surface area contributed by atoms with Gasteiger partial charge in [-0.05, 0) is 35.4 Å². The fourth-order valence-corrected chi connectivity index (χ4v) is 3.41. The van der Waals surface area contributed by atoms with Gasteiger partial charge in [-0.15, -0.1) is 0 Å². The van der Waals surface area contributed by atoms with E-state index in [-0.39, 0.29) is 28.9 Å². The molecule has 0 fully saturated rings. The van der Waals surface area contributed by atoms with Crippen LogP contribution in [-0.4, -0.2) is 50.5 Å². The Kier molecular flexibility index (Phi) is 7.39. The zero-order chi connectivity index (χ0) is 24.0. The molecule has 1 unspecified atom stereocenters. The molecule has 1 aromatic heterocycles. The SMILES string of the molecule is COC(=O)C(Oc1nc(OC)cc(OC)n1)C(OC)(c1cccc(F)c1)c1cccc(F)c1. The van der Waals surface area contributed by atoms with Gasteiger partial charge in [-0.3, -0.25) is 0 Å². The number of esters is 1. The second-order valence-electron chi connectivity index (χ2n) is 6.72. The summed E-state index contributed by atoms with van der Waals surface area (Å²) in [5.41, 5.74) is -1.52. The molecule has 1 atom stereocenters. The molecule has 0 aliphatic rings. The predicted octanol–water partition coefficient (Wildman–Crippen LogP) is 3.28. The van der Waals surface area contributed by atoms with Crippen LogP contribution >= 0.6 is 0 Å². The molecule has 10 heteroatoms. The number of benzene rings is 2. The first-order chi connectivity index (χ1) is 15.9. The minimum Gasteiger partial charge on any atom is -0.481 e. The summed E-state index contributed by atoms with van der Waals surface area (Å²) in [6, 6.07) is 11.7. The smallest absolute Gasteiger partial charge is 0.351 e. The van der Waals surface area contributed by atoms with Crippen LogP contribution in [0.2, 0.25) is 0 Å². The van der Waals surface area contributed by atoms with Gasteiger partial charge in [0.2, 0.25) is 17.9 Å². The summed E-state index contributed by atoms with van der Waals surface area (Å²) in [5, 5.41) is 0. The van der Waals surface area contributed by atoms with Crippen molar-refractivity contribution in [3.05, 3.63) is 77.4 Å². The summed E-state index contributed by atoms with van der Waals surface area (Å²) in [6.07, 6.45) is -1.63. The number of rotatable bonds is 9. The Morgan fingerprint density at radius 2 is 1.36 bits per heavy atom. The number of carbonyl (C=O) groups excluding carboxylic acids is 1. The van der Waals surface area contributed by atoms with Gasteiger partial charge in [0.25, 0.3) is 0 Å². The molecule has 174 valence electrons. The van der Waals surface area contributed by atoms with E-state index in [1.807, 2.05) is 0 Å². The fraction of sp³-hybridized carbons (Fsp3) is 0.261. The topological polar surface area (TPSA) is 89.0 Å². The lowest BCUT2D eigenvalue weighted by Crippen LogP contribution is -2.51. The third kappa shape index (κ3) is 4.85. The number of carbonyl (C=O) groups is 1. The highest BCUT2D eigenvalue weighted by molar-refractivity contribution is 5.78. The van der Waals surface area contributed by atoms with Gasteiger partial charge in [-0.2, -0.15) is 9.97 Å². The second kappa shape index (κ2) is 10.2. The molecule has 0 amide bonds. The van der Waals surface area contributed by atoms with Crippen LogP contribution < -0.4 is 14.2 Å². The largest absolute Gasteiger partial charge is 0.481 e. The van der Waals surface area contributed by atoms with Crippen molar-refractivity contribution in [2.75, 3.05) is 28.4 Å². The van der Waals surface area contributed by atoms with Crippen molar-refractivity contribution in [3.8, 4) is 17.8 Å². The molecule has 0 bridgehead atoms. The normalized spacial score (nSPS) is 12.1. The quantitative estimate of drug-likeness (QED) is 0.450. The number of aromatic nitrogens is 2. The van der Waals surface area contributed by atoms with Crippen LogP contribution in [0.5, 0.6) is 17.8 Å². The Hall–Kier alpha value is -3.79. The summed E-state index contributed by atoms with van der Waals surface area (Å²) in [4.78, 5) is 21.2. The molecule has 0 saturated carbocycles. The van der Waals surface area contributed by atoms with E-state index in [1.165, 1.54) is 63.8 Å². The van der Waals surface area contributed by atoms with E-state index in [1.54, 1.807) is 0 Å². The van der Waals surface area contributed by atoms with Crippen LogP contribution in [0.1, 0.15) is 11.1 Å². The van der Waals surface area contributed by atoms with Crippen LogP contribution in [0.25, 0.3) is 0 Å². The maximum absolute atomic E-state index is 14.3. The third-order valence-corrected chi connectivity index (χ3v) is 4.91. The highest BCUT2D eigenvalue weighted by atomic mass is 19.1. The van der Waals surface area contributed by atoms with E-state index >= 15 is 0 Å². The van der Waals surface area contributed by atoms with E-state index in [9.17, 15) is 13.6 Å². The Balaban J connectivity index is 2.27. The molecule has 0 radical (unpaired) electrons. The van der Waals surface area contributed by atoms with Crippen LogP contribution in [0.3, 0.4) is 0 Å². The van der Waals surface area contributed by atoms with Crippen molar-refractivity contribution >= 4 is 5.97 Å². The van der Waals surface area contributed by atoms with Crippen molar-refractivity contribution in [3.63, 3.8) is 0 Å². The third-order valence-electron chi connectivity index (χ3n) is 4.91. The van der Waals surface area contributed by atoms with E-state index in [4.69, 9.17) is 23.7 Å². The van der Waals surface area contributed by atoms with E-state index in [0.29, 0.717) is 0 Å². The summed E-state index contributed by atoms with van der Waals surface area (Å²) >= 11 is 0. The van der Waals surface area contributed by atoms with Crippen LogP contribution in [0.4, 0.5) is 8.78 Å². The summed E-state index contributed by atoms with van der Waals surface area (Å²) in [7, 11) is 5.18. The molecule has 8 nitrogen and oxygen atoms in total. The zero-order valence-corrected chi connectivity index (χ0v) is 18.4. The number of methoxy groups -OCH3 is 4. The number of hydrogen-bond donors (Lipinski definition) is 0. The molecule has 3 aromatic rings. The summed E-state index contributed by atoms with van der Waals surface area (Å²) in [5.74, 6) is -1.92. The van der Waals surface area contributed by atoms with Crippen molar-refractivity contribution in [1.82, 2.24) is 9.97 Å². The predicted molar refractivity (Wildman–Crippen MR) is 112 cm³/mol. The molecule has 1 heterocycles. The van der Waals surface area contributed by atoms with Gasteiger partial charge in [0, 0.05) is 7.11 Å². The first-order valence-corrected chi connectivity index (χ1v) is 9.66.